The average Bonchev–Trinajstić information content (AvgIpc) is 0.806. The van der Waals surface area contributed by atoms with Crippen molar-refractivity contribution in [3.63, 3.8) is 0 Å². The van der Waals surface area contributed by atoms with Crippen LogP contribution in [0, 0.1) is 0 Å². The van der Waals surface area contributed by atoms with Crippen LogP contribution in [0.15, 0.2) is 291 Å². The fourth-order valence-electron chi connectivity index (χ4n) is 11.3. The first kappa shape index (κ1) is 77.4. The maximum absolute atomic E-state index is 5.65. The molecule has 0 saturated carbocycles. The molecular formula is C84H84O12P4Pd. The van der Waals surface area contributed by atoms with Crippen molar-refractivity contribution in [2.45, 2.75) is 0 Å². The van der Waals surface area contributed by atoms with Gasteiger partial charge in [0.1, 0.15) is 69.0 Å². The largest absolute Gasteiger partial charge is 0.496 e. The molecule has 0 unspecified atom stereocenters. The van der Waals surface area contributed by atoms with Gasteiger partial charge in [-0.3, -0.25) is 0 Å². The number of methoxy groups -OCH3 is 12. The zero-order valence-electron chi connectivity index (χ0n) is 58.7. The number of hydrogen-bond acceptors (Lipinski definition) is 12. The fraction of sp³-hybridized carbons (Fsp3) is 0.143. The predicted molar refractivity (Wildman–Crippen MR) is 419 cm³/mol. The van der Waals surface area contributed by atoms with Crippen LogP contribution in [-0.4, -0.2) is 85.3 Å². The van der Waals surface area contributed by atoms with Crippen LogP contribution in [0.3, 0.4) is 0 Å². The molecule has 0 aliphatic heterocycles. The van der Waals surface area contributed by atoms with Crippen molar-refractivity contribution < 1.29 is 77.3 Å². The summed E-state index contributed by atoms with van der Waals surface area (Å²) in [6.07, 6.45) is 0. The van der Waals surface area contributed by atoms with Gasteiger partial charge in [-0.25, -0.2) is 0 Å². The second-order valence-corrected chi connectivity index (χ2v) is 29.9. The molecule has 12 aromatic carbocycles. The Morgan fingerprint density at radius 1 is 0.129 bits per heavy atom. The Kier molecular flexibility index (Phi) is 30.8. The van der Waals surface area contributed by atoms with Gasteiger partial charge in [0, 0.05) is 84.1 Å². The number of benzene rings is 12. The first-order valence-electron chi connectivity index (χ1n) is 32.0. The van der Waals surface area contributed by atoms with E-state index in [4.69, 9.17) is 56.8 Å². The second-order valence-electron chi connectivity index (χ2n) is 21.4. The van der Waals surface area contributed by atoms with E-state index in [1.165, 1.54) is 0 Å². The molecule has 0 aromatic heterocycles. The standard InChI is InChI=1S/4C21H21O3P.Pd/c4*1-22-16-10-4-7-13-19(16)25(20-14-8-5-11-17(20)23-2)21-15-9-6-12-18(21)24-3;/h4*4-15H,1-3H3;. The fourth-order valence-corrected chi connectivity index (χ4v) is 21.9. The van der Waals surface area contributed by atoms with Crippen LogP contribution in [0.1, 0.15) is 0 Å². The first-order chi connectivity index (χ1) is 49.2. The van der Waals surface area contributed by atoms with Gasteiger partial charge < -0.3 is 56.8 Å². The topological polar surface area (TPSA) is 111 Å². The van der Waals surface area contributed by atoms with E-state index in [1.54, 1.807) is 85.3 Å². The van der Waals surface area contributed by atoms with E-state index in [2.05, 4.69) is 72.8 Å². The van der Waals surface area contributed by atoms with Gasteiger partial charge in [-0.15, -0.1) is 0 Å². The molecule has 0 N–H and O–H groups in total. The summed E-state index contributed by atoms with van der Waals surface area (Å²) in [4.78, 5) is 0. The third-order valence-corrected chi connectivity index (χ3v) is 26.1. The molecule has 0 radical (unpaired) electrons. The first-order valence-corrected chi connectivity index (χ1v) is 37.3. The molecule has 12 rings (SSSR count). The molecule has 522 valence electrons. The predicted octanol–water partition coefficient (Wildman–Crippen LogP) is 13.9. The van der Waals surface area contributed by atoms with E-state index in [1.807, 2.05) is 218 Å². The molecule has 0 heterocycles. The minimum atomic E-state index is -0.901. The molecule has 12 nitrogen and oxygen atoms in total. The Labute approximate surface area is 614 Å². The van der Waals surface area contributed by atoms with Crippen molar-refractivity contribution in [2.75, 3.05) is 85.3 Å². The Bertz CT molecular complexity index is 3520. The zero-order valence-corrected chi connectivity index (χ0v) is 63.8. The summed E-state index contributed by atoms with van der Waals surface area (Å²) >= 11 is 0. The molecule has 0 atom stereocenters. The molecular weight excluding hydrogens is 1430 g/mol. The van der Waals surface area contributed by atoms with Crippen molar-refractivity contribution in [2.24, 2.45) is 0 Å². The summed E-state index contributed by atoms with van der Waals surface area (Å²) in [5.41, 5.74) is 0. The summed E-state index contributed by atoms with van der Waals surface area (Å²) in [7, 11) is 16.9. The molecule has 0 aliphatic rings. The minimum Gasteiger partial charge on any atom is -0.496 e. The van der Waals surface area contributed by atoms with E-state index in [0.29, 0.717) is 0 Å². The Hall–Kier alpha value is -9.38. The SMILES string of the molecule is COc1ccccc1P(c1ccccc1OC)c1ccccc1OC.COc1ccccc1P(c1ccccc1OC)c1ccccc1OC.COc1ccccc1P(c1ccccc1OC)c1ccccc1OC.COc1ccccc1P(c1ccccc1OC)c1ccccc1OC.[Pd]. The van der Waals surface area contributed by atoms with Crippen molar-refractivity contribution in [3.05, 3.63) is 291 Å². The smallest absolute Gasteiger partial charge is 0.127 e. The molecule has 12 aromatic rings. The van der Waals surface area contributed by atoms with Crippen LogP contribution in [-0.2, 0) is 20.4 Å². The van der Waals surface area contributed by atoms with Gasteiger partial charge in [-0.05, 0) is 104 Å². The van der Waals surface area contributed by atoms with Crippen molar-refractivity contribution >= 4 is 95.3 Å². The summed E-state index contributed by atoms with van der Waals surface area (Å²) in [6, 6.07) is 97.6. The van der Waals surface area contributed by atoms with Crippen LogP contribution in [0.4, 0.5) is 0 Å². The second kappa shape index (κ2) is 40.2. The third kappa shape index (κ3) is 18.8. The van der Waals surface area contributed by atoms with E-state index in [-0.39, 0.29) is 20.4 Å². The van der Waals surface area contributed by atoms with E-state index in [0.717, 1.165) is 133 Å². The number of rotatable bonds is 24. The number of hydrogen-bond donors (Lipinski definition) is 0. The van der Waals surface area contributed by atoms with Crippen LogP contribution in [0.2, 0.25) is 0 Å². The average molecular weight is 1520 g/mol. The van der Waals surface area contributed by atoms with Crippen molar-refractivity contribution in [1.29, 1.82) is 0 Å². The van der Waals surface area contributed by atoms with E-state index >= 15 is 0 Å². The van der Waals surface area contributed by atoms with Crippen LogP contribution >= 0.6 is 31.7 Å². The summed E-state index contributed by atoms with van der Waals surface area (Å²) < 4.78 is 67.8. The quantitative estimate of drug-likeness (QED) is 0.0424. The van der Waals surface area contributed by atoms with Crippen LogP contribution < -0.4 is 120 Å². The normalized spacial score (nSPS) is 10.5. The van der Waals surface area contributed by atoms with Crippen LogP contribution in [0.5, 0.6) is 69.0 Å². The Morgan fingerprint density at radius 3 is 0.267 bits per heavy atom. The molecule has 0 saturated heterocycles. The van der Waals surface area contributed by atoms with Gasteiger partial charge in [0.15, 0.2) is 0 Å². The molecule has 0 aliphatic carbocycles. The van der Waals surface area contributed by atoms with Gasteiger partial charge in [0.2, 0.25) is 0 Å². The van der Waals surface area contributed by atoms with Crippen molar-refractivity contribution in [1.82, 2.24) is 0 Å². The Morgan fingerprint density at radius 2 is 0.198 bits per heavy atom. The Balaban J connectivity index is 0.000000171. The minimum absolute atomic E-state index is 0. The van der Waals surface area contributed by atoms with Crippen molar-refractivity contribution in [3.8, 4) is 69.0 Å². The van der Waals surface area contributed by atoms with Gasteiger partial charge >= 0.3 is 0 Å². The zero-order chi connectivity index (χ0) is 70.6. The molecule has 0 fully saturated rings. The van der Waals surface area contributed by atoms with E-state index in [9.17, 15) is 0 Å². The molecule has 101 heavy (non-hydrogen) atoms. The monoisotopic (exact) mass is 1510 g/mol. The summed E-state index contributed by atoms with van der Waals surface area (Å²) in [5, 5.41) is 13.6. The van der Waals surface area contributed by atoms with Crippen LogP contribution in [0.25, 0.3) is 0 Å². The third-order valence-electron chi connectivity index (χ3n) is 15.9. The molecule has 0 spiro atoms. The summed E-state index contributed by atoms with van der Waals surface area (Å²) in [5.74, 6) is 10.4. The van der Waals surface area contributed by atoms with Gasteiger partial charge in [-0.2, -0.15) is 0 Å². The summed E-state index contributed by atoms with van der Waals surface area (Å²) in [6.45, 7) is 0. The molecule has 0 bridgehead atoms. The van der Waals surface area contributed by atoms with Gasteiger partial charge in [-0.1, -0.05) is 218 Å². The molecule has 0 amide bonds. The van der Waals surface area contributed by atoms with Gasteiger partial charge in [0.25, 0.3) is 0 Å². The number of para-hydroxylation sites is 12. The molecule has 17 heteroatoms. The number of ether oxygens (including phenoxy) is 12. The van der Waals surface area contributed by atoms with Gasteiger partial charge in [0.05, 0.1) is 85.3 Å². The van der Waals surface area contributed by atoms with E-state index < -0.39 is 31.7 Å². The maximum atomic E-state index is 5.65. The maximum Gasteiger partial charge on any atom is 0.127 e.